The van der Waals surface area contributed by atoms with Gasteiger partial charge in [-0.05, 0) is 56.7 Å². The number of aromatic amines is 1. The number of nitrogens with zero attached hydrogens (tertiary/aromatic N) is 1. The zero-order chi connectivity index (χ0) is 19.4. The summed E-state index contributed by atoms with van der Waals surface area (Å²) < 4.78 is 0. The van der Waals surface area contributed by atoms with Gasteiger partial charge in [0.25, 0.3) is 5.91 Å². The van der Waals surface area contributed by atoms with Gasteiger partial charge in [-0.25, -0.2) is 0 Å². The molecule has 0 bridgehead atoms. The lowest BCUT2D eigenvalue weighted by molar-refractivity contribution is -0.122. The minimum Gasteiger partial charge on any atom is -0.354 e. The molecule has 3 rings (SSSR count). The summed E-state index contributed by atoms with van der Waals surface area (Å²) in [6.07, 6.45) is 2.29. The molecule has 0 unspecified atom stereocenters. The van der Waals surface area contributed by atoms with E-state index in [0.29, 0.717) is 37.7 Å². The summed E-state index contributed by atoms with van der Waals surface area (Å²) in [6, 6.07) is 10.2. The zero-order valence-electron chi connectivity index (χ0n) is 16.5. The molecular weight excluding hydrogens is 338 g/mol. The number of carbonyl (C=O) groups excluding carboxylic acids is 2. The largest absolute Gasteiger partial charge is 0.354 e. The van der Waals surface area contributed by atoms with E-state index in [4.69, 9.17) is 0 Å². The molecule has 1 fully saturated rings. The van der Waals surface area contributed by atoms with Crippen molar-refractivity contribution in [2.24, 2.45) is 5.92 Å². The van der Waals surface area contributed by atoms with Crippen LogP contribution in [-0.2, 0) is 11.3 Å². The van der Waals surface area contributed by atoms with Crippen LogP contribution in [0.25, 0.3) is 0 Å². The van der Waals surface area contributed by atoms with E-state index in [0.717, 1.165) is 29.7 Å². The average molecular weight is 367 g/mol. The van der Waals surface area contributed by atoms with E-state index in [9.17, 15) is 9.59 Å². The summed E-state index contributed by atoms with van der Waals surface area (Å²) in [6.45, 7) is 7.98. The molecule has 1 aromatic heterocycles. The molecule has 2 aromatic rings. The van der Waals surface area contributed by atoms with Crippen molar-refractivity contribution in [1.29, 1.82) is 0 Å². The molecule has 1 saturated heterocycles. The van der Waals surface area contributed by atoms with Crippen LogP contribution in [0, 0.1) is 26.7 Å². The molecule has 0 saturated carbocycles. The number of hydrogen-bond acceptors (Lipinski definition) is 2. The highest BCUT2D eigenvalue weighted by Gasteiger charge is 2.26. The maximum Gasteiger partial charge on any atom is 0.270 e. The molecule has 1 aromatic carbocycles. The highest BCUT2D eigenvalue weighted by molar-refractivity contribution is 5.94. The van der Waals surface area contributed by atoms with Crippen LogP contribution in [0.5, 0.6) is 0 Å². The Hall–Kier alpha value is -2.56. The predicted molar refractivity (Wildman–Crippen MR) is 107 cm³/mol. The highest BCUT2D eigenvalue weighted by Crippen LogP contribution is 2.22. The van der Waals surface area contributed by atoms with Crippen LogP contribution < -0.4 is 5.32 Å². The summed E-state index contributed by atoms with van der Waals surface area (Å²) >= 11 is 0. The summed E-state index contributed by atoms with van der Waals surface area (Å²) in [4.78, 5) is 30.0. The van der Waals surface area contributed by atoms with Crippen molar-refractivity contribution < 1.29 is 9.59 Å². The molecule has 0 atom stereocenters. The maximum atomic E-state index is 12.7. The Balaban J connectivity index is 1.44. The Labute approximate surface area is 161 Å². The fraction of sp³-hybridized carbons (Fsp3) is 0.455. The van der Waals surface area contributed by atoms with Crippen LogP contribution in [0.4, 0.5) is 0 Å². The lowest BCUT2D eigenvalue weighted by atomic mass is 9.93. The van der Waals surface area contributed by atoms with Crippen molar-refractivity contribution in [2.75, 3.05) is 13.1 Å². The van der Waals surface area contributed by atoms with Gasteiger partial charge in [-0.15, -0.1) is 0 Å². The van der Waals surface area contributed by atoms with E-state index in [2.05, 4.69) is 29.4 Å². The number of aromatic nitrogens is 1. The van der Waals surface area contributed by atoms with Crippen molar-refractivity contribution in [3.8, 4) is 0 Å². The van der Waals surface area contributed by atoms with Gasteiger partial charge in [0.15, 0.2) is 0 Å². The van der Waals surface area contributed by atoms with Gasteiger partial charge in [0.05, 0.1) is 0 Å². The monoisotopic (exact) mass is 367 g/mol. The van der Waals surface area contributed by atoms with E-state index in [1.165, 1.54) is 5.56 Å². The number of rotatable bonds is 5. The molecule has 5 heteroatoms. The van der Waals surface area contributed by atoms with Gasteiger partial charge >= 0.3 is 0 Å². The molecule has 1 aliphatic heterocycles. The van der Waals surface area contributed by atoms with E-state index in [1.807, 2.05) is 36.9 Å². The summed E-state index contributed by atoms with van der Waals surface area (Å²) in [5.74, 6) is 0.512. The normalized spacial score (nSPS) is 15.0. The molecule has 5 nitrogen and oxygen atoms in total. The van der Waals surface area contributed by atoms with Gasteiger partial charge in [0.1, 0.15) is 5.69 Å². The minimum atomic E-state index is 0.0722. The van der Waals surface area contributed by atoms with Gasteiger partial charge in [-0.3, -0.25) is 9.59 Å². The maximum absolute atomic E-state index is 12.7. The third kappa shape index (κ3) is 5.00. The van der Waals surface area contributed by atoms with E-state index in [1.54, 1.807) is 0 Å². The van der Waals surface area contributed by atoms with Gasteiger partial charge in [0.2, 0.25) is 5.91 Å². The zero-order valence-corrected chi connectivity index (χ0v) is 16.5. The van der Waals surface area contributed by atoms with E-state index < -0.39 is 0 Å². The molecule has 0 aliphatic carbocycles. The number of hydrogen-bond donors (Lipinski definition) is 2. The fourth-order valence-corrected chi connectivity index (χ4v) is 3.81. The standard InChI is InChI=1S/C22H29N3O2/c1-15-5-4-6-19(11-15)14-23-20(26)13-18-7-9-25(10-8-18)22(27)21-16(2)12-17(3)24-21/h4-6,11-12,18,24H,7-10,13-14H2,1-3H3,(H,23,26). The number of amides is 2. The van der Waals surface area contributed by atoms with Crippen LogP contribution in [0.2, 0.25) is 0 Å². The summed E-state index contributed by atoms with van der Waals surface area (Å²) in [5, 5.41) is 3.02. The minimum absolute atomic E-state index is 0.0722. The van der Waals surface area contributed by atoms with Crippen LogP contribution in [-0.4, -0.2) is 34.8 Å². The number of likely N-dealkylation sites (tertiary alicyclic amines) is 1. The number of piperidine rings is 1. The topological polar surface area (TPSA) is 65.2 Å². The molecule has 27 heavy (non-hydrogen) atoms. The second-order valence-electron chi connectivity index (χ2n) is 7.72. The van der Waals surface area contributed by atoms with Crippen LogP contribution in [0.15, 0.2) is 30.3 Å². The third-order valence-corrected chi connectivity index (χ3v) is 5.31. The smallest absolute Gasteiger partial charge is 0.270 e. The number of benzene rings is 1. The fourth-order valence-electron chi connectivity index (χ4n) is 3.81. The molecule has 0 spiro atoms. The van der Waals surface area contributed by atoms with Crippen molar-refractivity contribution in [1.82, 2.24) is 15.2 Å². The first-order valence-electron chi connectivity index (χ1n) is 9.70. The number of nitrogens with one attached hydrogen (secondary N) is 2. The molecule has 1 aliphatic rings. The van der Waals surface area contributed by atoms with Gasteiger partial charge in [0, 0.05) is 31.7 Å². The first-order chi connectivity index (χ1) is 12.9. The highest BCUT2D eigenvalue weighted by atomic mass is 16.2. The van der Waals surface area contributed by atoms with E-state index >= 15 is 0 Å². The molecule has 2 heterocycles. The van der Waals surface area contributed by atoms with Crippen LogP contribution in [0.3, 0.4) is 0 Å². The second-order valence-corrected chi connectivity index (χ2v) is 7.72. The Bertz CT molecular complexity index is 817. The number of H-pyrrole nitrogens is 1. The number of carbonyl (C=O) groups is 2. The third-order valence-electron chi connectivity index (χ3n) is 5.31. The Kier molecular flexibility index (Phi) is 5.99. The number of aryl methyl sites for hydroxylation is 3. The summed E-state index contributed by atoms with van der Waals surface area (Å²) in [7, 11) is 0. The van der Waals surface area contributed by atoms with Crippen molar-refractivity contribution in [2.45, 2.75) is 46.6 Å². The quantitative estimate of drug-likeness (QED) is 0.849. The molecule has 0 radical (unpaired) electrons. The molecule has 2 amide bonds. The van der Waals surface area contributed by atoms with Gasteiger partial charge < -0.3 is 15.2 Å². The predicted octanol–water partition coefficient (Wildman–Crippen LogP) is 3.50. The molecular formula is C22H29N3O2. The van der Waals surface area contributed by atoms with Crippen molar-refractivity contribution in [3.05, 3.63) is 58.4 Å². The van der Waals surface area contributed by atoms with Crippen molar-refractivity contribution in [3.63, 3.8) is 0 Å². The van der Waals surface area contributed by atoms with Crippen LogP contribution in [0.1, 0.15) is 52.1 Å². The lowest BCUT2D eigenvalue weighted by Crippen LogP contribution is -2.40. The SMILES string of the molecule is Cc1cccc(CNC(=O)CC2CCN(C(=O)c3[nH]c(C)cc3C)CC2)c1. The first kappa shape index (κ1) is 19.2. The van der Waals surface area contributed by atoms with Gasteiger partial charge in [-0.1, -0.05) is 29.8 Å². The Morgan fingerprint density at radius 2 is 1.89 bits per heavy atom. The lowest BCUT2D eigenvalue weighted by Gasteiger charge is -2.31. The molecule has 2 N–H and O–H groups in total. The molecule has 144 valence electrons. The Morgan fingerprint density at radius 3 is 2.52 bits per heavy atom. The first-order valence-corrected chi connectivity index (χ1v) is 9.70. The average Bonchev–Trinajstić information content (AvgIpc) is 2.98. The van der Waals surface area contributed by atoms with E-state index in [-0.39, 0.29) is 11.8 Å². The van der Waals surface area contributed by atoms with Crippen LogP contribution >= 0.6 is 0 Å². The van der Waals surface area contributed by atoms with Crippen molar-refractivity contribution >= 4 is 11.8 Å². The second kappa shape index (κ2) is 8.42. The van der Waals surface area contributed by atoms with Gasteiger partial charge in [-0.2, -0.15) is 0 Å². The Morgan fingerprint density at radius 1 is 1.15 bits per heavy atom. The summed E-state index contributed by atoms with van der Waals surface area (Å²) in [5.41, 5.74) is 5.03.